The van der Waals surface area contributed by atoms with Crippen molar-refractivity contribution in [1.82, 2.24) is 15.1 Å². The van der Waals surface area contributed by atoms with Crippen LogP contribution >= 0.6 is 0 Å². The molecule has 6 heteroatoms. The van der Waals surface area contributed by atoms with Crippen LogP contribution < -0.4 is 5.32 Å². The molecule has 2 aliphatic heterocycles. The summed E-state index contributed by atoms with van der Waals surface area (Å²) in [6, 6.07) is 8.29. The van der Waals surface area contributed by atoms with Crippen molar-refractivity contribution in [2.75, 3.05) is 19.6 Å². The summed E-state index contributed by atoms with van der Waals surface area (Å²) in [5.41, 5.74) is 2.12. The van der Waals surface area contributed by atoms with Gasteiger partial charge in [0.1, 0.15) is 11.3 Å². The van der Waals surface area contributed by atoms with Crippen molar-refractivity contribution >= 4 is 22.8 Å². The fourth-order valence-electron chi connectivity index (χ4n) is 5.04. The Bertz CT molecular complexity index is 896. The van der Waals surface area contributed by atoms with Gasteiger partial charge < -0.3 is 14.6 Å². The molecular formula is C22H29N3O3. The van der Waals surface area contributed by atoms with Crippen molar-refractivity contribution in [3.8, 4) is 0 Å². The lowest BCUT2D eigenvalue weighted by molar-refractivity contribution is -0.131. The third-order valence-corrected chi connectivity index (χ3v) is 6.56. The lowest BCUT2D eigenvalue weighted by Crippen LogP contribution is -2.52. The molecule has 2 fully saturated rings. The Balaban J connectivity index is 1.59. The third-order valence-electron chi connectivity index (χ3n) is 6.56. The van der Waals surface area contributed by atoms with Crippen LogP contribution in [0.15, 0.2) is 28.7 Å². The van der Waals surface area contributed by atoms with Crippen LogP contribution in [0.5, 0.6) is 0 Å². The maximum absolute atomic E-state index is 11.8. The Morgan fingerprint density at radius 1 is 1.21 bits per heavy atom. The van der Waals surface area contributed by atoms with Gasteiger partial charge in [0.2, 0.25) is 11.8 Å². The van der Waals surface area contributed by atoms with Gasteiger partial charge in [-0.1, -0.05) is 18.2 Å². The van der Waals surface area contributed by atoms with Gasteiger partial charge in [0.15, 0.2) is 0 Å². The van der Waals surface area contributed by atoms with Crippen molar-refractivity contribution in [2.45, 2.75) is 58.2 Å². The van der Waals surface area contributed by atoms with E-state index in [2.05, 4.69) is 23.2 Å². The summed E-state index contributed by atoms with van der Waals surface area (Å²) in [6.07, 6.45) is 2.79. The predicted molar refractivity (Wildman–Crippen MR) is 108 cm³/mol. The number of carbonyl (C=O) groups excluding carboxylic acids is 2. The van der Waals surface area contributed by atoms with Gasteiger partial charge in [0.25, 0.3) is 0 Å². The van der Waals surface area contributed by atoms with Crippen LogP contribution in [-0.4, -0.2) is 52.8 Å². The highest BCUT2D eigenvalue weighted by atomic mass is 16.3. The average molecular weight is 383 g/mol. The summed E-state index contributed by atoms with van der Waals surface area (Å²) < 4.78 is 6.18. The Morgan fingerprint density at radius 3 is 2.57 bits per heavy atom. The zero-order chi connectivity index (χ0) is 19.9. The van der Waals surface area contributed by atoms with Gasteiger partial charge in [-0.15, -0.1) is 0 Å². The number of rotatable bonds is 3. The number of furan rings is 1. The first kappa shape index (κ1) is 19.0. The average Bonchev–Trinajstić information content (AvgIpc) is 3.13. The number of para-hydroxylation sites is 1. The Hall–Kier alpha value is -2.34. The second kappa shape index (κ2) is 7.24. The number of carbonyl (C=O) groups is 2. The normalized spacial score (nSPS) is 22.1. The second-order valence-corrected chi connectivity index (χ2v) is 8.36. The largest absolute Gasteiger partial charge is 0.459 e. The molecule has 28 heavy (non-hydrogen) atoms. The summed E-state index contributed by atoms with van der Waals surface area (Å²) in [6.45, 7) is 8.44. The van der Waals surface area contributed by atoms with Gasteiger partial charge in [-0.2, -0.15) is 0 Å². The topological polar surface area (TPSA) is 65.8 Å². The quantitative estimate of drug-likeness (QED) is 0.885. The van der Waals surface area contributed by atoms with Crippen LogP contribution in [0.25, 0.3) is 11.0 Å². The molecule has 1 atom stereocenters. The van der Waals surface area contributed by atoms with Crippen molar-refractivity contribution in [2.24, 2.45) is 0 Å². The molecule has 0 aliphatic carbocycles. The lowest BCUT2D eigenvalue weighted by atomic mass is 9.84. The van der Waals surface area contributed by atoms with Gasteiger partial charge in [-0.3, -0.25) is 14.5 Å². The molecule has 1 aromatic heterocycles. The number of nitrogens with one attached hydrogen (secondary N) is 1. The number of amides is 2. The Kier molecular flexibility index (Phi) is 4.91. The molecule has 1 N–H and O–H groups in total. The molecule has 2 aliphatic rings. The molecule has 150 valence electrons. The van der Waals surface area contributed by atoms with Gasteiger partial charge in [-0.25, -0.2) is 0 Å². The summed E-state index contributed by atoms with van der Waals surface area (Å²) in [5.74, 6) is 1.16. The number of aryl methyl sites for hydroxylation is 1. The molecule has 0 unspecified atom stereocenters. The minimum atomic E-state index is 0.00445. The molecule has 2 amide bonds. The van der Waals surface area contributed by atoms with Crippen molar-refractivity contribution < 1.29 is 14.0 Å². The molecule has 1 aromatic carbocycles. The first-order valence-corrected chi connectivity index (χ1v) is 10.1. The van der Waals surface area contributed by atoms with Gasteiger partial charge >= 0.3 is 0 Å². The van der Waals surface area contributed by atoms with Gasteiger partial charge in [-0.05, 0) is 37.8 Å². The fourth-order valence-corrected chi connectivity index (χ4v) is 5.04. The summed E-state index contributed by atoms with van der Waals surface area (Å²) in [4.78, 5) is 27.8. The Labute approximate surface area is 165 Å². The molecule has 2 aromatic rings. The first-order valence-electron chi connectivity index (χ1n) is 10.1. The monoisotopic (exact) mass is 383 g/mol. The van der Waals surface area contributed by atoms with Crippen LogP contribution in [0.1, 0.15) is 44.4 Å². The van der Waals surface area contributed by atoms with Crippen molar-refractivity contribution in [3.05, 3.63) is 35.6 Å². The van der Waals surface area contributed by atoms with Crippen LogP contribution in [0.3, 0.4) is 0 Å². The molecule has 2 saturated heterocycles. The van der Waals surface area contributed by atoms with Gasteiger partial charge in [0, 0.05) is 50.4 Å². The molecule has 6 nitrogen and oxygen atoms in total. The number of piperidine rings is 1. The lowest BCUT2D eigenvalue weighted by Gasteiger charge is -2.44. The molecule has 1 spiro atoms. The first-order chi connectivity index (χ1) is 13.4. The predicted octanol–water partition coefficient (Wildman–Crippen LogP) is 2.83. The molecule has 0 bridgehead atoms. The molecule has 0 saturated carbocycles. The van der Waals surface area contributed by atoms with E-state index in [1.807, 2.05) is 23.1 Å². The number of hydrogen-bond acceptors (Lipinski definition) is 4. The van der Waals surface area contributed by atoms with Crippen molar-refractivity contribution in [1.29, 1.82) is 0 Å². The third kappa shape index (κ3) is 3.41. The number of likely N-dealkylation sites (tertiary alicyclic amines) is 2. The van der Waals surface area contributed by atoms with E-state index in [-0.39, 0.29) is 23.4 Å². The van der Waals surface area contributed by atoms with E-state index in [0.717, 1.165) is 62.2 Å². The summed E-state index contributed by atoms with van der Waals surface area (Å²) in [7, 11) is 0. The molecule has 3 heterocycles. The number of nitrogens with zero attached hydrogens (tertiary/aromatic N) is 2. The molecular weight excluding hydrogens is 354 g/mol. The highest BCUT2D eigenvalue weighted by Gasteiger charge is 2.47. The molecule has 4 rings (SSSR count). The zero-order valence-corrected chi connectivity index (χ0v) is 17.0. The number of hydrogen-bond donors (Lipinski definition) is 1. The highest BCUT2D eigenvalue weighted by molar-refractivity contribution is 5.81. The van der Waals surface area contributed by atoms with E-state index in [0.29, 0.717) is 0 Å². The minimum Gasteiger partial charge on any atom is -0.459 e. The van der Waals surface area contributed by atoms with Crippen molar-refractivity contribution in [3.63, 3.8) is 0 Å². The smallest absolute Gasteiger partial charge is 0.219 e. The highest BCUT2D eigenvalue weighted by Crippen LogP contribution is 2.40. The SMILES string of the molecule is CC(=O)N[C@@H]1CN(Cc2oc3ccccc3c2C)C2(CCN(C(C)=O)CC2)C1. The van der Waals surface area contributed by atoms with E-state index in [1.54, 1.807) is 13.8 Å². The fraction of sp³-hybridized carbons (Fsp3) is 0.545. The minimum absolute atomic E-state index is 0.00445. The molecule has 0 radical (unpaired) electrons. The van der Waals surface area contributed by atoms with E-state index in [4.69, 9.17) is 4.42 Å². The van der Waals surface area contributed by atoms with E-state index < -0.39 is 0 Å². The van der Waals surface area contributed by atoms with E-state index in [9.17, 15) is 9.59 Å². The van der Waals surface area contributed by atoms with Crippen LogP contribution in [-0.2, 0) is 16.1 Å². The standard InChI is InChI=1S/C22H29N3O3/c1-15-19-6-4-5-7-20(19)28-21(15)14-25-13-18(23-16(2)26)12-22(25)8-10-24(11-9-22)17(3)27/h4-7,18H,8-14H2,1-3H3,(H,23,26)/t18-/m0/s1. The summed E-state index contributed by atoms with van der Waals surface area (Å²) >= 11 is 0. The van der Waals surface area contributed by atoms with Gasteiger partial charge in [0.05, 0.1) is 6.54 Å². The van der Waals surface area contributed by atoms with Crippen LogP contribution in [0.2, 0.25) is 0 Å². The second-order valence-electron chi connectivity index (χ2n) is 8.36. The zero-order valence-electron chi connectivity index (χ0n) is 17.0. The maximum atomic E-state index is 11.8. The summed E-state index contributed by atoms with van der Waals surface area (Å²) in [5, 5.41) is 4.28. The van der Waals surface area contributed by atoms with Crippen LogP contribution in [0.4, 0.5) is 0 Å². The van der Waals surface area contributed by atoms with E-state index >= 15 is 0 Å². The number of benzene rings is 1. The Morgan fingerprint density at radius 2 is 1.93 bits per heavy atom. The van der Waals surface area contributed by atoms with Crippen LogP contribution in [0, 0.1) is 6.92 Å². The van der Waals surface area contributed by atoms with E-state index in [1.165, 1.54) is 5.56 Å². The maximum Gasteiger partial charge on any atom is 0.219 e. The number of fused-ring (bicyclic) bond motifs is 1.